The Balaban J connectivity index is 2.62. The molecule has 62 valence electrons. The van der Waals surface area contributed by atoms with Crippen molar-refractivity contribution in [2.45, 2.75) is 13.0 Å². The summed E-state index contributed by atoms with van der Waals surface area (Å²) in [4.78, 5) is 11.1. The second kappa shape index (κ2) is 2.57. The third kappa shape index (κ3) is 1.06. The molecule has 2 N–H and O–H groups in total. The van der Waals surface area contributed by atoms with Crippen LogP contribution in [0.15, 0.2) is 18.3 Å². The van der Waals surface area contributed by atoms with Crippen molar-refractivity contribution in [3.8, 4) is 0 Å². The van der Waals surface area contributed by atoms with Crippen LogP contribution in [0.5, 0.6) is 0 Å². The minimum atomic E-state index is -0.570. The number of nitrogens with zero attached hydrogens (tertiary/aromatic N) is 2. The fourth-order valence-corrected chi connectivity index (χ4v) is 1.06. The predicted octanol–water partition coefficient (Wildman–Crippen LogP) is 1.01. The average molecular weight is 163 g/mol. The lowest BCUT2D eigenvalue weighted by Crippen LogP contribution is -1.92. The lowest BCUT2D eigenvalue weighted by Gasteiger charge is -1.94. The monoisotopic (exact) mass is 163 g/mol. The summed E-state index contributed by atoms with van der Waals surface area (Å²) in [6, 6.07) is 3.70. The number of aliphatic hydroxyl groups is 1. The van der Waals surface area contributed by atoms with Gasteiger partial charge in [-0.1, -0.05) is 0 Å². The van der Waals surface area contributed by atoms with Crippen LogP contribution in [0.2, 0.25) is 0 Å². The van der Waals surface area contributed by atoms with Gasteiger partial charge in [-0.25, -0.2) is 9.97 Å². The summed E-state index contributed by atoms with van der Waals surface area (Å²) in [5.74, 6) is 0.559. The van der Waals surface area contributed by atoms with Gasteiger partial charge in [0, 0.05) is 6.20 Å². The lowest BCUT2D eigenvalue weighted by molar-refractivity contribution is 0.190. The van der Waals surface area contributed by atoms with Crippen LogP contribution < -0.4 is 0 Å². The molecule has 0 spiro atoms. The molecule has 2 aromatic rings. The Morgan fingerprint density at radius 3 is 3.08 bits per heavy atom. The minimum absolute atomic E-state index is 0.559. The zero-order valence-corrected chi connectivity index (χ0v) is 6.65. The van der Waals surface area contributed by atoms with E-state index >= 15 is 0 Å². The highest BCUT2D eigenvalue weighted by Gasteiger charge is 2.06. The summed E-state index contributed by atoms with van der Waals surface area (Å²) in [5.41, 5.74) is 1.50. The van der Waals surface area contributed by atoms with Crippen LogP contribution in [-0.4, -0.2) is 20.1 Å². The maximum absolute atomic E-state index is 9.20. The van der Waals surface area contributed by atoms with E-state index in [1.807, 2.05) is 12.1 Å². The van der Waals surface area contributed by atoms with Crippen LogP contribution in [0.1, 0.15) is 18.9 Å². The van der Waals surface area contributed by atoms with E-state index in [-0.39, 0.29) is 0 Å². The maximum Gasteiger partial charge on any atom is 0.177 e. The number of hydrogen-bond acceptors (Lipinski definition) is 3. The first-order valence-electron chi connectivity index (χ1n) is 3.76. The number of aromatic nitrogens is 3. The predicted molar refractivity (Wildman–Crippen MR) is 44.5 cm³/mol. The molecule has 0 aliphatic rings. The second-order valence-electron chi connectivity index (χ2n) is 2.67. The molecule has 2 heterocycles. The lowest BCUT2D eigenvalue weighted by atomic mass is 10.4. The first-order chi connectivity index (χ1) is 5.77. The summed E-state index contributed by atoms with van der Waals surface area (Å²) in [7, 11) is 0. The van der Waals surface area contributed by atoms with E-state index in [2.05, 4.69) is 15.0 Å². The van der Waals surface area contributed by atoms with E-state index in [0.717, 1.165) is 5.52 Å². The van der Waals surface area contributed by atoms with Gasteiger partial charge < -0.3 is 10.1 Å². The average Bonchev–Trinajstić information content (AvgIpc) is 2.46. The number of hydrogen-bond donors (Lipinski definition) is 2. The van der Waals surface area contributed by atoms with Crippen LogP contribution in [0, 0.1) is 0 Å². The molecular formula is C8H9N3O. The van der Waals surface area contributed by atoms with Gasteiger partial charge in [-0.2, -0.15) is 0 Å². The number of aromatic amines is 1. The molecule has 0 unspecified atom stereocenters. The second-order valence-corrected chi connectivity index (χ2v) is 2.67. The van der Waals surface area contributed by atoms with Crippen molar-refractivity contribution in [3.05, 3.63) is 24.2 Å². The number of rotatable bonds is 1. The van der Waals surface area contributed by atoms with Crippen molar-refractivity contribution in [1.82, 2.24) is 15.0 Å². The standard InChI is InChI=1S/C8H9N3O/c1-5(12)7-10-6-3-2-4-9-8(6)11-7/h2-5,12H,1H3,(H,9,10,11)/t5-/m0/s1. The van der Waals surface area contributed by atoms with Crippen LogP contribution in [0.4, 0.5) is 0 Å². The molecule has 0 saturated carbocycles. The molecule has 0 aliphatic carbocycles. The number of imidazole rings is 1. The Morgan fingerprint density at radius 1 is 1.58 bits per heavy atom. The quantitative estimate of drug-likeness (QED) is 0.659. The van der Waals surface area contributed by atoms with Gasteiger partial charge >= 0.3 is 0 Å². The summed E-state index contributed by atoms with van der Waals surface area (Å²) in [5, 5.41) is 9.20. The molecular weight excluding hydrogens is 154 g/mol. The van der Waals surface area contributed by atoms with Crippen molar-refractivity contribution in [3.63, 3.8) is 0 Å². The summed E-state index contributed by atoms with van der Waals surface area (Å²) >= 11 is 0. The van der Waals surface area contributed by atoms with Crippen molar-refractivity contribution < 1.29 is 5.11 Å². The first kappa shape index (κ1) is 7.24. The number of fused-ring (bicyclic) bond motifs is 1. The number of pyridine rings is 1. The van der Waals surface area contributed by atoms with Gasteiger partial charge in [-0.3, -0.25) is 0 Å². The highest BCUT2D eigenvalue weighted by atomic mass is 16.3. The number of aliphatic hydroxyl groups excluding tert-OH is 1. The van der Waals surface area contributed by atoms with Crippen molar-refractivity contribution >= 4 is 11.2 Å². The van der Waals surface area contributed by atoms with Gasteiger partial charge in [0.1, 0.15) is 11.9 Å². The van der Waals surface area contributed by atoms with E-state index in [9.17, 15) is 5.11 Å². The summed E-state index contributed by atoms with van der Waals surface area (Å²) in [6.07, 6.45) is 1.11. The number of H-pyrrole nitrogens is 1. The van der Waals surface area contributed by atoms with Crippen molar-refractivity contribution in [2.24, 2.45) is 0 Å². The van der Waals surface area contributed by atoms with Crippen LogP contribution >= 0.6 is 0 Å². The van der Waals surface area contributed by atoms with Crippen LogP contribution in [0.25, 0.3) is 11.2 Å². The Morgan fingerprint density at radius 2 is 2.42 bits per heavy atom. The number of nitrogens with one attached hydrogen (secondary N) is 1. The molecule has 0 fully saturated rings. The molecule has 4 nitrogen and oxygen atoms in total. The van der Waals surface area contributed by atoms with Crippen LogP contribution in [0.3, 0.4) is 0 Å². The topological polar surface area (TPSA) is 61.8 Å². The Kier molecular flexibility index (Phi) is 1.55. The van der Waals surface area contributed by atoms with Gasteiger partial charge in [0.05, 0.1) is 5.52 Å². The molecule has 4 heteroatoms. The fraction of sp³-hybridized carbons (Fsp3) is 0.250. The fourth-order valence-electron chi connectivity index (χ4n) is 1.06. The highest BCUT2D eigenvalue weighted by Crippen LogP contribution is 2.12. The molecule has 2 aromatic heterocycles. The Bertz CT molecular complexity index is 361. The first-order valence-corrected chi connectivity index (χ1v) is 3.76. The molecule has 0 radical (unpaired) electrons. The van der Waals surface area contributed by atoms with Gasteiger partial charge in [0.15, 0.2) is 5.65 Å². The highest BCUT2D eigenvalue weighted by molar-refractivity contribution is 5.69. The molecule has 0 saturated heterocycles. The van der Waals surface area contributed by atoms with Crippen molar-refractivity contribution in [2.75, 3.05) is 0 Å². The van der Waals surface area contributed by atoms with Gasteiger partial charge in [0.2, 0.25) is 0 Å². The third-order valence-corrected chi connectivity index (χ3v) is 1.67. The van der Waals surface area contributed by atoms with Gasteiger partial charge in [0.25, 0.3) is 0 Å². The molecule has 0 amide bonds. The smallest absolute Gasteiger partial charge is 0.177 e. The zero-order valence-electron chi connectivity index (χ0n) is 6.65. The van der Waals surface area contributed by atoms with Gasteiger partial charge in [-0.05, 0) is 19.1 Å². The molecule has 2 rings (SSSR count). The minimum Gasteiger partial charge on any atom is -0.385 e. The molecule has 12 heavy (non-hydrogen) atoms. The van der Waals surface area contributed by atoms with E-state index in [0.29, 0.717) is 11.5 Å². The third-order valence-electron chi connectivity index (χ3n) is 1.67. The van der Waals surface area contributed by atoms with E-state index in [1.54, 1.807) is 13.1 Å². The molecule has 0 bridgehead atoms. The van der Waals surface area contributed by atoms with E-state index in [1.165, 1.54) is 0 Å². The summed E-state index contributed by atoms with van der Waals surface area (Å²) < 4.78 is 0. The van der Waals surface area contributed by atoms with Crippen LogP contribution in [-0.2, 0) is 0 Å². The maximum atomic E-state index is 9.20. The zero-order chi connectivity index (χ0) is 8.55. The summed E-state index contributed by atoms with van der Waals surface area (Å²) in [6.45, 7) is 1.66. The largest absolute Gasteiger partial charge is 0.385 e. The van der Waals surface area contributed by atoms with Crippen molar-refractivity contribution in [1.29, 1.82) is 0 Å². The SMILES string of the molecule is C[C@H](O)c1nc2ncccc2[nH]1. The molecule has 1 atom stereocenters. The Hall–Kier alpha value is -1.42. The van der Waals surface area contributed by atoms with E-state index < -0.39 is 6.10 Å². The van der Waals surface area contributed by atoms with Gasteiger partial charge in [-0.15, -0.1) is 0 Å². The van der Waals surface area contributed by atoms with E-state index in [4.69, 9.17) is 0 Å². The Labute approximate surface area is 69.3 Å². The molecule has 0 aromatic carbocycles. The molecule has 0 aliphatic heterocycles. The normalized spacial score (nSPS) is 13.5.